The van der Waals surface area contributed by atoms with E-state index in [1.54, 1.807) is 18.3 Å². The number of halogens is 1. The Balaban J connectivity index is 2.09. The van der Waals surface area contributed by atoms with Gasteiger partial charge in [-0.15, -0.1) is 11.8 Å². The third-order valence-electron chi connectivity index (χ3n) is 2.59. The lowest BCUT2D eigenvalue weighted by Crippen LogP contribution is -1.99. The standard InChI is InChI=1S/C14H12FN3O2S/c1-19-13-14(20-2)18-10(7-17-13)8-21-11-4-3-9(6-16)12(15)5-11/h3-5,7H,8H2,1-2H3. The summed E-state index contributed by atoms with van der Waals surface area (Å²) in [6.07, 6.45) is 1.58. The predicted octanol–water partition coefficient (Wildman–Crippen LogP) is 2.80. The molecule has 0 bridgehead atoms. The Kier molecular flexibility index (Phi) is 4.95. The molecule has 5 nitrogen and oxygen atoms in total. The van der Waals surface area contributed by atoms with E-state index in [0.717, 1.165) is 0 Å². The molecule has 0 aliphatic carbocycles. The fraction of sp³-hybridized carbons (Fsp3) is 0.214. The molecule has 2 aromatic rings. The number of ether oxygens (including phenoxy) is 2. The molecule has 7 heteroatoms. The van der Waals surface area contributed by atoms with Crippen molar-refractivity contribution in [3.05, 3.63) is 41.5 Å². The molecule has 0 aliphatic rings. The summed E-state index contributed by atoms with van der Waals surface area (Å²) >= 11 is 1.39. The second-order valence-corrected chi connectivity index (χ2v) is 4.97. The number of thioether (sulfide) groups is 1. The van der Waals surface area contributed by atoms with Gasteiger partial charge in [0.1, 0.15) is 11.9 Å². The van der Waals surface area contributed by atoms with Gasteiger partial charge >= 0.3 is 0 Å². The Morgan fingerprint density at radius 3 is 2.67 bits per heavy atom. The molecule has 1 heterocycles. The minimum absolute atomic E-state index is 0.0326. The maximum Gasteiger partial charge on any atom is 0.278 e. The van der Waals surface area contributed by atoms with Crippen molar-refractivity contribution in [2.75, 3.05) is 14.2 Å². The van der Waals surface area contributed by atoms with Crippen LogP contribution in [0.3, 0.4) is 0 Å². The van der Waals surface area contributed by atoms with Gasteiger partial charge in [0, 0.05) is 10.6 Å². The number of benzene rings is 1. The molecule has 21 heavy (non-hydrogen) atoms. The topological polar surface area (TPSA) is 68.0 Å². The number of aromatic nitrogens is 2. The van der Waals surface area contributed by atoms with E-state index in [2.05, 4.69) is 9.97 Å². The third kappa shape index (κ3) is 3.61. The normalized spacial score (nSPS) is 10.0. The molecular weight excluding hydrogens is 293 g/mol. The average Bonchev–Trinajstić information content (AvgIpc) is 2.52. The summed E-state index contributed by atoms with van der Waals surface area (Å²) < 4.78 is 23.6. The Labute approximate surface area is 125 Å². The van der Waals surface area contributed by atoms with Crippen molar-refractivity contribution in [3.63, 3.8) is 0 Å². The smallest absolute Gasteiger partial charge is 0.278 e. The molecule has 108 valence electrons. The molecule has 0 fully saturated rings. The van der Waals surface area contributed by atoms with Crippen LogP contribution in [0, 0.1) is 17.1 Å². The van der Waals surface area contributed by atoms with E-state index in [9.17, 15) is 4.39 Å². The lowest BCUT2D eigenvalue weighted by molar-refractivity contribution is 0.330. The first-order chi connectivity index (χ1) is 10.2. The van der Waals surface area contributed by atoms with E-state index < -0.39 is 5.82 Å². The molecule has 2 rings (SSSR count). The number of nitriles is 1. The maximum atomic E-state index is 13.5. The van der Waals surface area contributed by atoms with E-state index in [4.69, 9.17) is 14.7 Å². The highest BCUT2D eigenvalue weighted by Crippen LogP contribution is 2.26. The molecule has 1 aromatic carbocycles. The lowest BCUT2D eigenvalue weighted by atomic mass is 10.2. The number of hydrogen-bond donors (Lipinski definition) is 0. The highest BCUT2D eigenvalue weighted by Gasteiger charge is 2.09. The summed E-state index contributed by atoms with van der Waals surface area (Å²) in [5.41, 5.74) is 0.715. The summed E-state index contributed by atoms with van der Waals surface area (Å²) in [6.45, 7) is 0. The van der Waals surface area contributed by atoms with Crippen LogP contribution >= 0.6 is 11.8 Å². The van der Waals surface area contributed by atoms with E-state index in [0.29, 0.717) is 28.1 Å². The molecule has 0 N–H and O–H groups in total. The second-order valence-electron chi connectivity index (χ2n) is 3.92. The van der Waals surface area contributed by atoms with E-state index in [-0.39, 0.29) is 5.56 Å². The van der Waals surface area contributed by atoms with Gasteiger partial charge in [0.25, 0.3) is 11.8 Å². The van der Waals surface area contributed by atoms with Crippen molar-refractivity contribution in [3.8, 4) is 17.8 Å². The van der Waals surface area contributed by atoms with Gasteiger partial charge in [-0.05, 0) is 18.2 Å². The van der Waals surface area contributed by atoms with Crippen molar-refractivity contribution in [1.82, 2.24) is 9.97 Å². The molecule has 0 unspecified atom stereocenters. The summed E-state index contributed by atoms with van der Waals surface area (Å²) in [7, 11) is 2.97. The fourth-order valence-corrected chi connectivity index (χ4v) is 2.38. The number of rotatable bonds is 5. The largest absolute Gasteiger partial charge is 0.477 e. The SMILES string of the molecule is COc1ncc(CSc2ccc(C#N)c(F)c2)nc1OC. The first kappa shape index (κ1) is 15.1. The van der Waals surface area contributed by atoms with E-state index >= 15 is 0 Å². The van der Waals surface area contributed by atoms with E-state index in [1.165, 1.54) is 38.1 Å². The molecule has 0 spiro atoms. The van der Waals surface area contributed by atoms with Crippen LogP contribution < -0.4 is 9.47 Å². The summed E-state index contributed by atoms with van der Waals surface area (Å²) in [5, 5.41) is 8.68. The molecule has 0 radical (unpaired) electrons. The van der Waals surface area contributed by atoms with Gasteiger partial charge in [0.15, 0.2) is 0 Å². The minimum Gasteiger partial charge on any atom is -0.477 e. The number of nitrogens with zero attached hydrogens (tertiary/aromatic N) is 3. The lowest BCUT2D eigenvalue weighted by Gasteiger charge is -2.07. The van der Waals surface area contributed by atoms with Crippen molar-refractivity contribution >= 4 is 11.8 Å². The van der Waals surface area contributed by atoms with Gasteiger partial charge in [0.05, 0.1) is 31.7 Å². The third-order valence-corrected chi connectivity index (χ3v) is 3.62. The quantitative estimate of drug-likeness (QED) is 0.791. The molecular formula is C14H12FN3O2S. The Bertz CT molecular complexity index is 688. The summed E-state index contributed by atoms with van der Waals surface area (Å²) in [5.74, 6) is 0.594. The highest BCUT2D eigenvalue weighted by atomic mass is 32.2. The van der Waals surface area contributed by atoms with Crippen molar-refractivity contribution in [1.29, 1.82) is 5.26 Å². The van der Waals surface area contributed by atoms with Crippen LogP contribution in [0.15, 0.2) is 29.3 Å². The highest BCUT2D eigenvalue weighted by molar-refractivity contribution is 7.98. The van der Waals surface area contributed by atoms with Crippen LogP contribution in [-0.2, 0) is 5.75 Å². The van der Waals surface area contributed by atoms with Crippen LogP contribution in [-0.4, -0.2) is 24.2 Å². The van der Waals surface area contributed by atoms with Gasteiger partial charge < -0.3 is 9.47 Å². The van der Waals surface area contributed by atoms with Gasteiger partial charge in [-0.2, -0.15) is 5.26 Å². The predicted molar refractivity (Wildman–Crippen MR) is 75.8 cm³/mol. The van der Waals surface area contributed by atoms with Crippen LogP contribution in [0.25, 0.3) is 0 Å². The van der Waals surface area contributed by atoms with E-state index in [1.807, 2.05) is 0 Å². The fourth-order valence-electron chi connectivity index (χ4n) is 1.57. The second kappa shape index (κ2) is 6.90. The van der Waals surface area contributed by atoms with Crippen molar-refractivity contribution in [2.45, 2.75) is 10.6 Å². The molecule has 0 saturated carbocycles. The summed E-state index contributed by atoms with van der Waals surface area (Å²) in [4.78, 5) is 9.05. The first-order valence-corrected chi connectivity index (χ1v) is 6.93. The van der Waals surface area contributed by atoms with Gasteiger partial charge in [-0.1, -0.05) is 0 Å². The van der Waals surface area contributed by atoms with Gasteiger partial charge in [-0.25, -0.2) is 14.4 Å². The van der Waals surface area contributed by atoms with Crippen LogP contribution in [0.2, 0.25) is 0 Å². The zero-order valence-electron chi connectivity index (χ0n) is 11.5. The monoisotopic (exact) mass is 305 g/mol. The maximum absolute atomic E-state index is 13.5. The molecule has 0 aliphatic heterocycles. The van der Waals surface area contributed by atoms with Gasteiger partial charge in [-0.3, -0.25) is 0 Å². The summed E-state index contributed by atoms with van der Waals surface area (Å²) in [6, 6.07) is 6.27. The molecule has 0 saturated heterocycles. The number of hydrogen-bond acceptors (Lipinski definition) is 6. The minimum atomic E-state index is -0.527. The molecule has 1 aromatic heterocycles. The Morgan fingerprint density at radius 2 is 2.05 bits per heavy atom. The Hall–Kier alpha value is -2.33. The van der Waals surface area contributed by atoms with Crippen molar-refractivity contribution in [2.24, 2.45) is 0 Å². The first-order valence-electron chi connectivity index (χ1n) is 5.94. The van der Waals surface area contributed by atoms with Crippen molar-refractivity contribution < 1.29 is 13.9 Å². The number of methoxy groups -OCH3 is 2. The molecule has 0 atom stereocenters. The molecule has 0 amide bonds. The van der Waals surface area contributed by atoms with Gasteiger partial charge in [0.2, 0.25) is 0 Å². The zero-order chi connectivity index (χ0) is 15.2. The van der Waals surface area contributed by atoms with Crippen LogP contribution in [0.5, 0.6) is 11.8 Å². The zero-order valence-corrected chi connectivity index (χ0v) is 12.3. The Morgan fingerprint density at radius 1 is 1.29 bits per heavy atom. The average molecular weight is 305 g/mol. The van der Waals surface area contributed by atoms with Crippen LogP contribution in [0.4, 0.5) is 4.39 Å². The van der Waals surface area contributed by atoms with Crippen LogP contribution in [0.1, 0.15) is 11.3 Å².